The van der Waals surface area contributed by atoms with Gasteiger partial charge in [0.2, 0.25) is 5.91 Å². The molecule has 0 aromatic rings. The largest absolute Gasteiger partial charge is 0.379 e. The number of carbonyl (C=O) groups is 1. The quantitative estimate of drug-likeness (QED) is 0.603. The maximum Gasteiger partial charge on any atom is 0.234 e. The summed E-state index contributed by atoms with van der Waals surface area (Å²) in [4.78, 5) is 11.1. The molecule has 1 amide bonds. The predicted octanol–water partition coefficient (Wildman–Crippen LogP) is -0.499. The van der Waals surface area contributed by atoms with Crippen molar-refractivity contribution >= 4 is 5.91 Å². The molecule has 0 spiro atoms. The predicted molar refractivity (Wildman–Crippen MR) is 45.9 cm³/mol. The van der Waals surface area contributed by atoms with E-state index in [0.717, 1.165) is 19.4 Å². The van der Waals surface area contributed by atoms with Gasteiger partial charge in [-0.15, -0.1) is 0 Å². The molecule has 4 heteroatoms. The summed E-state index contributed by atoms with van der Waals surface area (Å²) >= 11 is 0. The molecule has 0 bridgehead atoms. The van der Waals surface area contributed by atoms with E-state index in [1.54, 1.807) is 7.05 Å². The van der Waals surface area contributed by atoms with Gasteiger partial charge in [-0.3, -0.25) is 4.79 Å². The highest BCUT2D eigenvalue weighted by molar-refractivity contribution is 5.78. The summed E-state index contributed by atoms with van der Waals surface area (Å²) in [5.41, 5.74) is 0. The number of amides is 1. The molecule has 0 saturated carbocycles. The van der Waals surface area contributed by atoms with E-state index in [1.165, 1.54) is 0 Å². The van der Waals surface area contributed by atoms with Crippen LogP contribution in [0.15, 0.2) is 0 Å². The molecule has 0 aromatic heterocycles. The Hall–Kier alpha value is -0.610. The van der Waals surface area contributed by atoms with E-state index < -0.39 is 0 Å². The summed E-state index contributed by atoms with van der Waals surface area (Å²) in [6, 6.07) is 0.222. The van der Waals surface area contributed by atoms with Gasteiger partial charge < -0.3 is 15.4 Å². The standard InChI is InChI=1S/C8H16N2O2/c1-9-5-8(11)10-7-3-2-4-12-6-7/h7,9H,2-6H2,1H3,(H,10,11). The fraction of sp³-hybridized carbons (Fsp3) is 0.875. The first-order valence-electron chi connectivity index (χ1n) is 4.34. The Bertz CT molecular complexity index is 144. The fourth-order valence-corrected chi connectivity index (χ4v) is 1.29. The molecule has 70 valence electrons. The van der Waals surface area contributed by atoms with Crippen molar-refractivity contribution in [1.29, 1.82) is 0 Å². The van der Waals surface area contributed by atoms with Crippen LogP contribution in [0.4, 0.5) is 0 Å². The highest BCUT2D eigenvalue weighted by Crippen LogP contribution is 2.04. The van der Waals surface area contributed by atoms with Gasteiger partial charge in [-0.2, -0.15) is 0 Å². The second-order valence-electron chi connectivity index (χ2n) is 3.01. The maximum absolute atomic E-state index is 11.1. The molecule has 0 aliphatic carbocycles. The third kappa shape index (κ3) is 3.19. The van der Waals surface area contributed by atoms with Crippen molar-refractivity contribution in [2.24, 2.45) is 0 Å². The molecule has 1 saturated heterocycles. The number of ether oxygens (including phenoxy) is 1. The van der Waals surface area contributed by atoms with Crippen molar-refractivity contribution in [2.75, 3.05) is 26.8 Å². The summed E-state index contributed by atoms with van der Waals surface area (Å²) in [6.45, 7) is 1.88. The Morgan fingerprint density at radius 2 is 2.50 bits per heavy atom. The molecule has 1 fully saturated rings. The SMILES string of the molecule is CNCC(=O)NC1CCCOC1. The van der Waals surface area contributed by atoms with Crippen molar-refractivity contribution < 1.29 is 9.53 Å². The Morgan fingerprint density at radius 3 is 3.08 bits per heavy atom. The molecule has 1 atom stereocenters. The lowest BCUT2D eigenvalue weighted by molar-refractivity contribution is -0.121. The lowest BCUT2D eigenvalue weighted by Crippen LogP contribution is -2.43. The average molecular weight is 172 g/mol. The first kappa shape index (κ1) is 9.48. The van der Waals surface area contributed by atoms with Gasteiger partial charge in [-0.25, -0.2) is 0 Å². The summed E-state index contributed by atoms with van der Waals surface area (Å²) in [5, 5.41) is 5.70. The Labute approximate surface area is 72.7 Å². The average Bonchev–Trinajstić information content (AvgIpc) is 2.06. The topological polar surface area (TPSA) is 50.4 Å². The van der Waals surface area contributed by atoms with Crippen LogP contribution in [0.1, 0.15) is 12.8 Å². The van der Waals surface area contributed by atoms with Crippen molar-refractivity contribution in [3.8, 4) is 0 Å². The monoisotopic (exact) mass is 172 g/mol. The van der Waals surface area contributed by atoms with Gasteiger partial charge in [0.25, 0.3) is 0 Å². The molecule has 1 unspecified atom stereocenters. The van der Waals surface area contributed by atoms with Crippen LogP contribution < -0.4 is 10.6 Å². The lowest BCUT2D eigenvalue weighted by Gasteiger charge is -2.22. The van der Waals surface area contributed by atoms with Crippen molar-refractivity contribution in [3.63, 3.8) is 0 Å². The van der Waals surface area contributed by atoms with Crippen molar-refractivity contribution in [2.45, 2.75) is 18.9 Å². The number of carbonyl (C=O) groups excluding carboxylic acids is 1. The van der Waals surface area contributed by atoms with Crippen LogP contribution in [-0.2, 0) is 9.53 Å². The van der Waals surface area contributed by atoms with E-state index in [0.29, 0.717) is 13.2 Å². The molecule has 1 aliphatic heterocycles. The van der Waals surface area contributed by atoms with Crippen LogP contribution in [0, 0.1) is 0 Å². The smallest absolute Gasteiger partial charge is 0.234 e. The Morgan fingerprint density at radius 1 is 1.67 bits per heavy atom. The molecule has 2 N–H and O–H groups in total. The minimum Gasteiger partial charge on any atom is -0.379 e. The van der Waals surface area contributed by atoms with Crippen LogP contribution in [0.2, 0.25) is 0 Å². The first-order chi connectivity index (χ1) is 5.83. The summed E-state index contributed by atoms with van der Waals surface area (Å²) in [6.07, 6.45) is 2.08. The Balaban J connectivity index is 2.15. The van der Waals surface area contributed by atoms with E-state index in [4.69, 9.17) is 4.74 Å². The van der Waals surface area contributed by atoms with Crippen LogP contribution in [0.3, 0.4) is 0 Å². The maximum atomic E-state index is 11.1. The van der Waals surface area contributed by atoms with E-state index in [1.807, 2.05) is 0 Å². The number of rotatable bonds is 3. The van der Waals surface area contributed by atoms with E-state index in [9.17, 15) is 4.79 Å². The van der Waals surface area contributed by atoms with Gasteiger partial charge in [-0.05, 0) is 19.9 Å². The van der Waals surface area contributed by atoms with E-state index in [-0.39, 0.29) is 11.9 Å². The zero-order chi connectivity index (χ0) is 8.81. The van der Waals surface area contributed by atoms with Crippen LogP contribution in [0.25, 0.3) is 0 Å². The summed E-state index contributed by atoms with van der Waals surface area (Å²) < 4.78 is 5.23. The van der Waals surface area contributed by atoms with Gasteiger partial charge in [0.1, 0.15) is 0 Å². The highest BCUT2D eigenvalue weighted by Gasteiger charge is 2.15. The molecular formula is C8H16N2O2. The molecular weight excluding hydrogens is 156 g/mol. The first-order valence-corrected chi connectivity index (χ1v) is 4.34. The number of nitrogens with one attached hydrogen (secondary N) is 2. The van der Waals surface area contributed by atoms with Crippen LogP contribution >= 0.6 is 0 Å². The number of hydrogen-bond acceptors (Lipinski definition) is 3. The van der Waals surface area contributed by atoms with Crippen molar-refractivity contribution in [3.05, 3.63) is 0 Å². The third-order valence-electron chi connectivity index (χ3n) is 1.86. The minimum atomic E-state index is 0.0491. The third-order valence-corrected chi connectivity index (χ3v) is 1.86. The second-order valence-corrected chi connectivity index (χ2v) is 3.01. The van der Waals surface area contributed by atoms with Crippen LogP contribution in [0.5, 0.6) is 0 Å². The van der Waals surface area contributed by atoms with Gasteiger partial charge in [0.05, 0.1) is 19.2 Å². The molecule has 4 nitrogen and oxygen atoms in total. The van der Waals surface area contributed by atoms with Gasteiger partial charge in [0, 0.05) is 6.61 Å². The zero-order valence-corrected chi connectivity index (χ0v) is 7.43. The van der Waals surface area contributed by atoms with Crippen LogP contribution in [-0.4, -0.2) is 38.8 Å². The van der Waals surface area contributed by atoms with Gasteiger partial charge >= 0.3 is 0 Å². The summed E-state index contributed by atoms with van der Waals surface area (Å²) in [7, 11) is 1.76. The summed E-state index contributed by atoms with van der Waals surface area (Å²) in [5.74, 6) is 0.0491. The molecule has 1 aliphatic rings. The number of likely N-dealkylation sites (N-methyl/N-ethyl adjacent to an activating group) is 1. The normalized spacial score (nSPS) is 23.6. The van der Waals surface area contributed by atoms with Crippen molar-refractivity contribution in [1.82, 2.24) is 10.6 Å². The fourth-order valence-electron chi connectivity index (χ4n) is 1.29. The molecule has 1 rings (SSSR count). The number of hydrogen-bond donors (Lipinski definition) is 2. The second kappa shape index (κ2) is 5.11. The Kier molecular flexibility index (Phi) is 4.04. The van der Waals surface area contributed by atoms with E-state index in [2.05, 4.69) is 10.6 Å². The minimum absolute atomic E-state index is 0.0491. The molecule has 12 heavy (non-hydrogen) atoms. The van der Waals surface area contributed by atoms with Gasteiger partial charge in [-0.1, -0.05) is 0 Å². The van der Waals surface area contributed by atoms with E-state index >= 15 is 0 Å². The molecule has 1 heterocycles. The molecule has 0 aromatic carbocycles. The van der Waals surface area contributed by atoms with Gasteiger partial charge in [0.15, 0.2) is 0 Å². The lowest BCUT2D eigenvalue weighted by atomic mass is 10.1. The highest BCUT2D eigenvalue weighted by atomic mass is 16.5. The zero-order valence-electron chi connectivity index (χ0n) is 7.43. The molecule has 0 radical (unpaired) electrons.